The van der Waals surface area contributed by atoms with E-state index in [2.05, 4.69) is 5.32 Å². The highest BCUT2D eigenvalue weighted by Gasteiger charge is 2.20. The monoisotopic (exact) mass is 415 g/mol. The van der Waals surface area contributed by atoms with Gasteiger partial charge < -0.3 is 19.2 Å². The van der Waals surface area contributed by atoms with Gasteiger partial charge in [0.15, 0.2) is 23.0 Å². The lowest BCUT2D eigenvalue weighted by molar-refractivity contribution is -0.115. The predicted molar refractivity (Wildman–Crippen MR) is 112 cm³/mol. The third-order valence-corrected chi connectivity index (χ3v) is 4.44. The number of furan rings is 1. The summed E-state index contributed by atoms with van der Waals surface area (Å²) in [5, 5.41) is 3.86. The van der Waals surface area contributed by atoms with Gasteiger partial charge in [-0.1, -0.05) is 17.7 Å². The Labute approximate surface area is 173 Å². The van der Waals surface area contributed by atoms with Crippen LogP contribution in [0.5, 0.6) is 11.5 Å². The first kappa shape index (κ1) is 20.7. The van der Waals surface area contributed by atoms with E-state index >= 15 is 0 Å². The maximum Gasteiger partial charge on any atom is 0.228 e. The number of ketones is 1. The Balaban J connectivity index is 1.86. The van der Waals surface area contributed by atoms with Crippen molar-refractivity contribution in [2.24, 2.45) is 0 Å². The average Bonchev–Trinajstić information content (AvgIpc) is 3.02. The van der Waals surface area contributed by atoms with Crippen LogP contribution < -0.4 is 14.8 Å². The molecule has 0 fully saturated rings. The van der Waals surface area contributed by atoms with E-state index in [0.29, 0.717) is 46.4 Å². The topological polar surface area (TPSA) is 77.8 Å². The first-order valence-electron chi connectivity index (χ1n) is 9.34. The zero-order valence-corrected chi connectivity index (χ0v) is 17.3. The Bertz CT molecular complexity index is 1060. The van der Waals surface area contributed by atoms with Crippen LogP contribution in [-0.4, -0.2) is 24.9 Å². The van der Waals surface area contributed by atoms with Crippen LogP contribution in [-0.2, 0) is 11.2 Å². The Hall–Kier alpha value is -2.99. The first-order valence-corrected chi connectivity index (χ1v) is 9.72. The average molecular weight is 416 g/mol. The van der Waals surface area contributed by atoms with E-state index in [0.717, 1.165) is 5.56 Å². The number of anilines is 1. The van der Waals surface area contributed by atoms with Crippen molar-refractivity contribution in [1.82, 2.24) is 0 Å². The summed E-state index contributed by atoms with van der Waals surface area (Å²) < 4.78 is 16.8. The van der Waals surface area contributed by atoms with E-state index in [4.69, 9.17) is 25.5 Å². The molecule has 1 amide bonds. The molecule has 0 saturated heterocycles. The lowest BCUT2D eigenvalue weighted by Crippen LogP contribution is -2.16. The number of fused-ring (bicyclic) bond motifs is 1. The van der Waals surface area contributed by atoms with E-state index in [1.807, 2.05) is 19.9 Å². The van der Waals surface area contributed by atoms with Gasteiger partial charge in [-0.15, -0.1) is 0 Å². The van der Waals surface area contributed by atoms with Gasteiger partial charge in [-0.25, -0.2) is 0 Å². The van der Waals surface area contributed by atoms with Gasteiger partial charge in [0.2, 0.25) is 5.91 Å². The van der Waals surface area contributed by atoms with Gasteiger partial charge in [-0.05, 0) is 49.7 Å². The summed E-state index contributed by atoms with van der Waals surface area (Å²) in [6.45, 7) is 6.16. The largest absolute Gasteiger partial charge is 0.490 e. The standard InChI is InChI=1S/C22H22ClNO5/c1-4-27-18-8-6-14(10-19(18)28-5-2)11-20(26)24-21-16-12-15(23)7-9-17(16)29-22(21)13(3)25/h6-10,12H,4-5,11H2,1-3H3,(H,24,26). The maximum atomic E-state index is 12.7. The lowest BCUT2D eigenvalue weighted by Gasteiger charge is -2.12. The van der Waals surface area contributed by atoms with Crippen LogP contribution in [0.15, 0.2) is 40.8 Å². The molecule has 0 aliphatic heterocycles. The van der Waals surface area contributed by atoms with E-state index < -0.39 is 0 Å². The Morgan fingerprint density at radius 2 is 1.76 bits per heavy atom. The minimum Gasteiger partial charge on any atom is -0.490 e. The molecule has 1 aromatic heterocycles. The van der Waals surface area contributed by atoms with Gasteiger partial charge in [-0.2, -0.15) is 0 Å². The fourth-order valence-corrected chi connectivity index (χ4v) is 3.19. The molecule has 29 heavy (non-hydrogen) atoms. The molecule has 0 radical (unpaired) electrons. The van der Waals surface area contributed by atoms with E-state index in [9.17, 15) is 9.59 Å². The third-order valence-electron chi connectivity index (χ3n) is 4.21. The van der Waals surface area contributed by atoms with Crippen LogP contribution in [0.2, 0.25) is 5.02 Å². The fourth-order valence-electron chi connectivity index (χ4n) is 3.02. The quantitative estimate of drug-likeness (QED) is 0.507. The third kappa shape index (κ3) is 4.71. The highest BCUT2D eigenvalue weighted by Crippen LogP contribution is 2.34. The molecular formula is C22H22ClNO5. The van der Waals surface area contributed by atoms with E-state index in [1.54, 1.807) is 30.3 Å². The molecule has 0 atom stereocenters. The number of carbonyl (C=O) groups excluding carboxylic acids is 2. The molecule has 3 aromatic rings. The molecule has 0 spiro atoms. The molecular weight excluding hydrogens is 394 g/mol. The number of amides is 1. The molecule has 0 bridgehead atoms. The zero-order chi connectivity index (χ0) is 21.0. The van der Waals surface area contributed by atoms with Crippen molar-refractivity contribution in [3.63, 3.8) is 0 Å². The van der Waals surface area contributed by atoms with Gasteiger partial charge >= 0.3 is 0 Å². The number of hydrogen-bond acceptors (Lipinski definition) is 5. The summed E-state index contributed by atoms with van der Waals surface area (Å²) in [7, 11) is 0. The lowest BCUT2D eigenvalue weighted by atomic mass is 10.1. The van der Waals surface area contributed by atoms with Gasteiger partial charge in [0.1, 0.15) is 5.58 Å². The van der Waals surface area contributed by atoms with Gasteiger partial charge in [0, 0.05) is 17.3 Å². The second-order valence-electron chi connectivity index (χ2n) is 6.37. The molecule has 1 heterocycles. The molecule has 2 aromatic carbocycles. The first-order chi connectivity index (χ1) is 13.9. The van der Waals surface area contributed by atoms with E-state index in [-0.39, 0.29) is 23.9 Å². The van der Waals surface area contributed by atoms with Gasteiger partial charge in [0.05, 0.1) is 25.3 Å². The van der Waals surface area contributed by atoms with Crippen molar-refractivity contribution in [3.8, 4) is 11.5 Å². The summed E-state index contributed by atoms with van der Waals surface area (Å²) in [5.74, 6) is 0.740. The van der Waals surface area contributed by atoms with Crippen LogP contribution in [0.1, 0.15) is 36.9 Å². The van der Waals surface area contributed by atoms with Crippen molar-refractivity contribution >= 4 is 39.9 Å². The summed E-state index contributed by atoms with van der Waals surface area (Å²) in [4.78, 5) is 24.7. The normalized spacial score (nSPS) is 10.8. The smallest absolute Gasteiger partial charge is 0.228 e. The highest BCUT2D eigenvalue weighted by molar-refractivity contribution is 6.31. The van der Waals surface area contributed by atoms with Crippen LogP contribution >= 0.6 is 11.6 Å². The van der Waals surface area contributed by atoms with Crippen molar-refractivity contribution in [2.75, 3.05) is 18.5 Å². The molecule has 152 valence electrons. The van der Waals surface area contributed by atoms with Crippen LogP contribution in [0.3, 0.4) is 0 Å². The maximum absolute atomic E-state index is 12.7. The molecule has 0 aliphatic rings. The number of rotatable bonds is 8. The van der Waals surface area contributed by atoms with E-state index in [1.165, 1.54) is 6.92 Å². The second kappa shape index (κ2) is 9.01. The highest BCUT2D eigenvalue weighted by atomic mass is 35.5. The second-order valence-corrected chi connectivity index (χ2v) is 6.81. The van der Waals surface area contributed by atoms with Crippen molar-refractivity contribution in [3.05, 3.63) is 52.7 Å². The molecule has 0 saturated carbocycles. The van der Waals surface area contributed by atoms with Crippen LogP contribution in [0, 0.1) is 0 Å². The predicted octanol–water partition coefficient (Wildman–Crippen LogP) is 5.27. The number of ether oxygens (including phenoxy) is 2. The number of halogens is 1. The Morgan fingerprint density at radius 1 is 1.03 bits per heavy atom. The minimum atomic E-state index is -0.290. The van der Waals surface area contributed by atoms with Crippen molar-refractivity contribution < 1.29 is 23.5 Å². The summed E-state index contributed by atoms with van der Waals surface area (Å²) in [5.41, 5.74) is 1.56. The molecule has 6 nitrogen and oxygen atoms in total. The summed E-state index contributed by atoms with van der Waals surface area (Å²) in [6.07, 6.45) is 0.0943. The minimum absolute atomic E-state index is 0.0943. The van der Waals surface area contributed by atoms with Crippen molar-refractivity contribution in [2.45, 2.75) is 27.2 Å². The number of nitrogens with one attached hydrogen (secondary N) is 1. The molecule has 1 N–H and O–H groups in total. The SMILES string of the molecule is CCOc1ccc(CC(=O)Nc2c(C(C)=O)oc3ccc(Cl)cc23)cc1OCC. The Morgan fingerprint density at radius 3 is 2.45 bits per heavy atom. The Kier molecular flexibility index (Phi) is 6.44. The molecule has 7 heteroatoms. The van der Waals surface area contributed by atoms with Crippen LogP contribution in [0.4, 0.5) is 5.69 Å². The fraction of sp³-hybridized carbons (Fsp3) is 0.273. The molecule has 3 rings (SSSR count). The molecule has 0 unspecified atom stereocenters. The zero-order valence-electron chi connectivity index (χ0n) is 16.5. The van der Waals surface area contributed by atoms with Crippen LogP contribution in [0.25, 0.3) is 11.0 Å². The summed E-state index contributed by atoms with van der Waals surface area (Å²) in [6, 6.07) is 10.4. The number of carbonyl (C=O) groups is 2. The van der Waals surface area contributed by atoms with Gasteiger partial charge in [-0.3, -0.25) is 9.59 Å². The van der Waals surface area contributed by atoms with Gasteiger partial charge in [0.25, 0.3) is 0 Å². The molecule has 0 aliphatic carbocycles. The number of hydrogen-bond donors (Lipinski definition) is 1. The summed E-state index contributed by atoms with van der Waals surface area (Å²) >= 11 is 6.07. The number of Topliss-reactive ketones (excluding diaryl/α,β-unsaturated/α-hetero) is 1. The number of benzene rings is 2. The van der Waals surface area contributed by atoms with Crippen molar-refractivity contribution in [1.29, 1.82) is 0 Å².